The van der Waals surface area contributed by atoms with Crippen molar-refractivity contribution in [3.8, 4) is 0 Å². The van der Waals surface area contributed by atoms with Crippen LogP contribution in [0.4, 0.5) is 0 Å². The van der Waals surface area contributed by atoms with Gasteiger partial charge in [-0.3, -0.25) is 28.2 Å². The Morgan fingerprint density at radius 1 is 0.347 bits per heavy atom. The lowest BCUT2D eigenvalue weighted by Gasteiger charge is -2.50. The van der Waals surface area contributed by atoms with E-state index in [9.17, 15) is 74.6 Å². The van der Waals surface area contributed by atoms with Crippen LogP contribution in [0.5, 0.6) is 0 Å². The summed E-state index contributed by atoms with van der Waals surface area (Å²) in [6.45, 7) is 10.3. The number of phosphoric acid groups is 1. The van der Waals surface area contributed by atoms with Crippen molar-refractivity contribution in [2.45, 2.75) is 531 Å². The molecule has 2 aliphatic heterocycles. The summed E-state index contributed by atoms with van der Waals surface area (Å²) in [4.78, 5) is 66.7. The summed E-state index contributed by atoms with van der Waals surface area (Å²) in [6.07, 6.45) is 29.0. The van der Waals surface area contributed by atoms with Gasteiger partial charge in [-0.1, -0.05) is 362 Å². The molecule has 1 aliphatic carbocycles. The molecule has 0 bridgehead atoms. The fourth-order valence-electron chi connectivity index (χ4n) is 16.6. The normalized spacial score (nSPS) is 25.2. The molecule has 0 amide bonds. The zero-order chi connectivity index (χ0) is 88.5. The predicted molar refractivity (Wildman–Crippen MR) is 472 cm³/mol. The molecule has 26 heteroatoms. The second kappa shape index (κ2) is 72.1. The van der Waals surface area contributed by atoms with E-state index in [2.05, 4.69) is 53.7 Å². The molecule has 2 saturated heterocycles. The maximum Gasteiger partial charge on any atom is 0.472 e. The van der Waals surface area contributed by atoms with Crippen molar-refractivity contribution in [1.82, 2.24) is 0 Å². The highest BCUT2D eigenvalue weighted by Crippen LogP contribution is 2.49. The standard InChI is InChI=1S/C95H177O25P/c1-7-11-15-19-23-25-27-29-31-33-35-37-39-49-57-65-78(97)111-70-75(114-80(99)67-59-52-44-42-48-56-64-74(6)62-54-46-22-18-14-10-4)71-113-121(109,110)120-93-91(118-94-88(107)84(103)82(101)76(69-96)115-94)87(106)86(105)90(117-81(100)68-60-51-40-38-36-34-32-30-28-26-24-20-16-12-8-2)92(93)119-95-89(108)85(104)83(102)77(116-95)72-112-79(98)66-58-50-43-41-47-55-63-73(5)61-53-45-21-17-13-9-3/h25,27,73-77,82-96,101-108H,7-24,26,28-72H2,1-6H3,(H,109,110)/b27-25-. The molecule has 1 saturated carbocycles. The van der Waals surface area contributed by atoms with Crippen molar-refractivity contribution in [3.05, 3.63) is 12.2 Å². The van der Waals surface area contributed by atoms with Crippen LogP contribution in [0, 0.1) is 11.8 Å². The molecule has 2 heterocycles. The van der Waals surface area contributed by atoms with Gasteiger partial charge < -0.3 is 88.7 Å². The number of allylic oxidation sites excluding steroid dienone is 2. The molecule has 3 aliphatic rings. The zero-order valence-corrected chi connectivity index (χ0v) is 77.3. The Hall–Kier alpha value is -2.79. The van der Waals surface area contributed by atoms with E-state index < -0.39 is 162 Å². The highest BCUT2D eigenvalue weighted by molar-refractivity contribution is 7.47. The van der Waals surface area contributed by atoms with Crippen LogP contribution in [0.1, 0.15) is 427 Å². The number of ether oxygens (including phenoxy) is 8. The molecule has 10 N–H and O–H groups in total. The van der Waals surface area contributed by atoms with Gasteiger partial charge in [-0.25, -0.2) is 4.57 Å². The average molecular weight is 1750 g/mol. The van der Waals surface area contributed by atoms with Gasteiger partial charge >= 0.3 is 31.7 Å². The first-order valence-electron chi connectivity index (χ1n) is 49.2. The number of aliphatic hydroxyl groups is 9. The summed E-state index contributed by atoms with van der Waals surface area (Å²) in [5.41, 5.74) is 0. The molecule has 712 valence electrons. The van der Waals surface area contributed by atoms with Gasteiger partial charge in [0.15, 0.2) is 24.8 Å². The van der Waals surface area contributed by atoms with Crippen LogP contribution in [0.2, 0.25) is 0 Å². The summed E-state index contributed by atoms with van der Waals surface area (Å²) in [5.74, 6) is -1.60. The van der Waals surface area contributed by atoms with Crippen LogP contribution in [-0.2, 0) is 70.7 Å². The van der Waals surface area contributed by atoms with Crippen molar-refractivity contribution in [3.63, 3.8) is 0 Å². The second-order valence-electron chi connectivity index (χ2n) is 35.8. The van der Waals surface area contributed by atoms with Crippen LogP contribution in [0.25, 0.3) is 0 Å². The third-order valence-electron chi connectivity index (χ3n) is 24.6. The van der Waals surface area contributed by atoms with E-state index in [0.29, 0.717) is 43.9 Å². The van der Waals surface area contributed by atoms with Gasteiger partial charge in [0, 0.05) is 25.7 Å². The van der Waals surface area contributed by atoms with Crippen LogP contribution in [0.3, 0.4) is 0 Å². The number of carbonyl (C=O) groups is 4. The molecule has 0 aromatic heterocycles. The largest absolute Gasteiger partial charge is 0.472 e. The fraction of sp³-hybridized carbons (Fsp3) is 0.937. The number of rotatable bonds is 79. The number of hydrogen-bond donors (Lipinski definition) is 10. The predicted octanol–water partition coefficient (Wildman–Crippen LogP) is 18.8. The number of aliphatic hydroxyl groups excluding tert-OH is 9. The monoisotopic (exact) mass is 1750 g/mol. The van der Waals surface area contributed by atoms with Gasteiger partial charge in [-0.15, -0.1) is 0 Å². The van der Waals surface area contributed by atoms with E-state index in [1.54, 1.807) is 0 Å². The summed E-state index contributed by atoms with van der Waals surface area (Å²) >= 11 is 0. The number of esters is 4. The number of hydrogen-bond acceptors (Lipinski definition) is 24. The summed E-state index contributed by atoms with van der Waals surface area (Å²) in [7, 11) is -5.81. The minimum Gasteiger partial charge on any atom is -0.463 e. The Bertz CT molecular complexity index is 2590. The Balaban J connectivity index is 1.92. The summed E-state index contributed by atoms with van der Waals surface area (Å²) < 4.78 is 73.7. The smallest absolute Gasteiger partial charge is 0.463 e. The average Bonchev–Trinajstić information content (AvgIpc) is 0.752. The van der Waals surface area contributed by atoms with Gasteiger partial charge in [0.25, 0.3) is 0 Å². The maximum atomic E-state index is 14.9. The lowest BCUT2D eigenvalue weighted by atomic mass is 9.84. The molecule has 0 aromatic carbocycles. The van der Waals surface area contributed by atoms with Crippen molar-refractivity contribution < 1.29 is 122 Å². The molecule has 121 heavy (non-hydrogen) atoms. The highest BCUT2D eigenvalue weighted by atomic mass is 31.2. The molecule has 25 nitrogen and oxygen atoms in total. The first kappa shape index (κ1) is 112. The van der Waals surface area contributed by atoms with Gasteiger partial charge in [0.1, 0.15) is 92.6 Å². The zero-order valence-electron chi connectivity index (χ0n) is 76.4. The molecule has 0 radical (unpaired) electrons. The lowest BCUT2D eigenvalue weighted by Crippen LogP contribution is -2.70. The van der Waals surface area contributed by atoms with Gasteiger partial charge in [-0.2, -0.15) is 0 Å². The van der Waals surface area contributed by atoms with Gasteiger partial charge in [-0.05, 0) is 63.2 Å². The molecule has 0 aromatic rings. The topological polar surface area (TPSA) is 380 Å². The van der Waals surface area contributed by atoms with Crippen LogP contribution >= 0.6 is 7.82 Å². The minimum atomic E-state index is -5.81. The van der Waals surface area contributed by atoms with Crippen LogP contribution < -0.4 is 0 Å². The van der Waals surface area contributed by atoms with Crippen molar-refractivity contribution in [2.24, 2.45) is 11.8 Å². The lowest BCUT2D eigenvalue weighted by molar-refractivity contribution is -0.360. The number of carbonyl (C=O) groups excluding carboxylic acids is 4. The Morgan fingerprint density at radius 3 is 1.07 bits per heavy atom. The van der Waals surface area contributed by atoms with Gasteiger partial charge in [0.05, 0.1) is 13.2 Å². The highest BCUT2D eigenvalue weighted by Gasteiger charge is 2.60. The fourth-order valence-corrected chi connectivity index (χ4v) is 17.5. The van der Waals surface area contributed by atoms with E-state index in [0.717, 1.165) is 148 Å². The summed E-state index contributed by atoms with van der Waals surface area (Å²) in [6, 6.07) is 0. The van der Waals surface area contributed by atoms with E-state index in [4.69, 9.17) is 46.9 Å². The third-order valence-corrected chi connectivity index (χ3v) is 25.5. The molecular formula is C95H177O25P. The quantitative estimate of drug-likeness (QED) is 0.00889. The first-order chi connectivity index (χ1) is 58.5. The van der Waals surface area contributed by atoms with E-state index in [1.165, 1.54) is 180 Å². The Labute approximate surface area is 731 Å². The Kier molecular flexibility index (Phi) is 66.9. The van der Waals surface area contributed by atoms with Gasteiger partial charge in [0.2, 0.25) is 0 Å². The SMILES string of the molecule is CCCCCC/C=C\CCCCCCCCCC(=O)OCC(COP(=O)(O)OC1C(OC2OC(CO)C(O)C(O)C2O)C(O)C(O)C(OC(=O)CCCCCCCCCCCCCCCCC)C1OC1OC(COC(=O)CCCCCCCCC(C)CCCCCCCC)C(O)C(O)C1O)OC(=O)CCCCCCCCC(C)CCCCCCCC. The maximum absolute atomic E-state index is 14.9. The molecule has 20 unspecified atom stereocenters. The molecular weight excluding hydrogens is 1570 g/mol. The van der Waals surface area contributed by atoms with Crippen molar-refractivity contribution in [1.29, 1.82) is 0 Å². The second-order valence-corrected chi connectivity index (χ2v) is 37.2. The molecule has 3 fully saturated rings. The van der Waals surface area contributed by atoms with Crippen LogP contribution in [0.15, 0.2) is 12.2 Å². The van der Waals surface area contributed by atoms with Crippen molar-refractivity contribution >= 4 is 31.7 Å². The number of phosphoric ester groups is 1. The van der Waals surface area contributed by atoms with E-state index in [-0.39, 0.29) is 25.7 Å². The molecule has 0 spiro atoms. The molecule has 3 rings (SSSR count). The molecule has 20 atom stereocenters. The minimum absolute atomic E-state index is 0.0158. The number of unbranched alkanes of at least 4 members (excludes halogenated alkanes) is 45. The van der Waals surface area contributed by atoms with Crippen molar-refractivity contribution in [2.75, 3.05) is 26.4 Å². The van der Waals surface area contributed by atoms with E-state index >= 15 is 0 Å². The first-order valence-corrected chi connectivity index (χ1v) is 50.7. The van der Waals surface area contributed by atoms with Crippen LogP contribution in [-0.4, -0.2) is 205 Å². The Morgan fingerprint density at radius 2 is 0.669 bits per heavy atom. The van der Waals surface area contributed by atoms with E-state index in [1.807, 2.05) is 0 Å². The third kappa shape index (κ3) is 52.5. The summed E-state index contributed by atoms with van der Waals surface area (Å²) in [5, 5.41) is 103.